The number of rotatable bonds is 6. The molecular formula is C19H27ClN4O. The van der Waals surface area contributed by atoms with Gasteiger partial charge in [0, 0.05) is 54.7 Å². The molecule has 0 spiro atoms. The van der Waals surface area contributed by atoms with Crippen LogP contribution in [0.4, 0.5) is 5.69 Å². The van der Waals surface area contributed by atoms with E-state index in [9.17, 15) is 0 Å². The molecule has 1 aliphatic heterocycles. The monoisotopic (exact) mass is 362 g/mol. The van der Waals surface area contributed by atoms with Crippen molar-refractivity contribution in [3.05, 3.63) is 45.7 Å². The molecule has 25 heavy (non-hydrogen) atoms. The molecule has 6 heteroatoms. The summed E-state index contributed by atoms with van der Waals surface area (Å²) in [6, 6.07) is 6.18. The second-order valence-electron chi connectivity index (χ2n) is 6.51. The normalized spacial score (nSPS) is 15.5. The molecule has 1 aromatic heterocycles. The van der Waals surface area contributed by atoms with Crippen LogP contribution in [-0.4, -0.2) is 41.0 Å². The van der Waals surface area contributed by atoms with Gasteiger partial charge < -0.3 is 10.1 Å². The summed E-state index contributed by atoms with van der Waals surface area (Å²) in [5.41, 5.74) is 5.85. The maximum absolute atomic E-state index is 6.41. The Balaban J connectivity index is 1.68. The van der Waals surface area contributed by atoms with Crippen LogP contribution in [0.15, 0.2) is 18.2 Å². The summed E-state index contributed by atoms with van der Waals surface area (Å²) in [5, 5.41) is 8.94. The van der Waals surface area contributed by atoms with E-state index >= 15 is 0 Å². The molecule has 0 radical (unpaired) electrons. The molecule has 136 valence electrons. The topological polar surface area (TPSA) is 42.3 Å². The van der Waals surface area contributed by atoms with Crippen LogP contribution < -0.4 is 5.32 Å². The van der Waals surface area contributed by atoms with E-state index in [-0.39, 0.29) is 0 Å². The first-order chi connectivity index (χ1) is 12.1. The summed E-state index contributed by atoms with van der Waals surface area (Å²) in [4.78, 5) is 2.38. The smallest absolute Gasteiger partial charge is 0.0646 e. The van der Waals surface area contributed by atoms with Gasteiger partial charge in [0.05, 0.1) is 18.9 Å². The minimum Gasteiger partial charge on any atom is -0.381 e. The van der Waals surface area contributed by atoms with Gasteiger partial charge in [-0.1, -0.05) is 11.6 Å². The highest BCUT2D eigenvalue weighted by Gasteiger charge is 2.14. The highest BCUT2D eigenvalue weighted by atomic mass is 35.5. The average Bonchev–Trinajstić information content (AvgIpc) is 2.90. The fourth-order valence-corrected chi connectivity index (χ4v) is 3.47. The highest BCUT2D eigenvalue weighted by Crippen LogP contribution is 2.24. The number of morpholine rings is 1. The molecule has 2 heterocycles. The van der Waals surface area contributed by atoms with Gasteiger partial charge in [-0.25, -0.2) is 0 Å². The van der Waals surface area contributed by atoms with Crippen molar-refractivity contribution in [2.45, 2.75) is 40.4 Å². The van der Waals surface area contributed by atoms with Crippen LogP contribution in [0, 0.1) is 13.8 Å². The molecule has 1 aliphatic rings. The molecule has 1 fully saturated rings. The van der Waals surface area contributed by atoms with E-state index in [0.29, 0.717) is 0 Å². The summed E-state index contributed by atoms with van der Waals surface area (Å²) < 4.78 is 7.47. The Labute approximate surface area is 154 Å². The lowest BCUT2D eigenvalue weighted by atomic mass is 10.1. The number of hydrogen-bond donors (Lipinski definition) is 1. The van der Waals surface area contributed by atoms with Gasteiger partial charge in [-0.2, -0.15) is 5.10 Å². The van der Waals surface area contributed by atoms with Crippen molar-refractivity contribution in [2.75, 3.05) is 31.6 Å². The lowest BCUT2D eigenvalue weighted by Gasteiger charge is -2.27. The van der Waals surface area contributed by atoms with Crippen molar-refractivity contribution in [3.63, 3.8) is 0 Å². The Morgan fingerprint density at radius 3 is 2.68 bits per heavy atom. The molecule has 3 rings (SSSR count). The summed E-state index contributed by atoms with van der Waals surface area (Å²) in [6.07, 6.45) is 0. The Bertz CT molecular complexity index is 722. The largest absolute Gasteiger partial charge is 0.381 e. The Morgan fingerprint density at radius 1 is 1.24 bits per heavy atom. The van der Waals surface area contributed by atoms with Crippen LogP contribution in [0.2, 0.25) is 5.02 Å². The molecule has 0 amide bonds. The zero-order valence-corrected chi connectivity index (χ0v) is 16.1. The molecule has 2 aromatic rings. The number of aryl methyl sites for hydroxylation is 2. The van der Waals surface area contributed by atoms with E-state index in [1.165, 1.54) is 11.3 Å². The van der Waals surface area contributed by atoms with Gasteiger partial charge >= 0.3 is 0 Å². The van der Waals surface area contributed by atoms with Crippen molar-refractivity contribution in [3.8, 4) is 0 Å². The average molecular weight is 363 g/mol. The summed E-state index contributed by atoms with van der Waals surface area (Å²) >= 11 is 6.41. The van der Waals surface area contributed by atoms with Crippen molar-refractivity contribution < 1.29 is 4.74 Å². The third kappa shape index (κ3) is 4.35. The first kappa shape index (κ1) is 18.2. The van der Waals surface area contributed by atoms with Crippen LogP contribution in [-0.2, 0) is 24.4 Å². The fourth-order valence-electron chi connectivity index (χ4n) is 3.29. The molecule has 0 saturated carbocycles. The molecule has 0 unspecified atom stereocenters. The first-order valence-corrected chi connectivity index (χ1v) is 9.31. The van der Waals surface area contributed by atoms with Crippen molar-refractivity contribution in [2.24, 2.45) is 0 Å². The predicted octanol–water partition coefficient (Wildman–Crippen LogP) is 3.62. The standard InChI is InChI=1S/C19H27ClN4O/c1-4-24-15(3)18(14(2)22-24)12-21-17-5-6-19(20)16(11-17)13-23-7-9-25-10-8-23/h5-6,11,21H,4,7-10,12-13H2,1-3H3. The van der Waals surface area contributed by atoms with E-state index in [4.69, 9.17) is 16.3 Å². The summed E-state index contributed by atoms with van der Waals surface area (Å²) in [6.45, 7) is 12.4. The number of halogens is 1. The number of anilines is 1. The lowest BCUT2D eigenvalue weighted by molar-refractivity contribution is 0.0342. The van der Waals surface area contributed by atoms with Crippen molar-refractivity contribution in [1.29, 1.82) is 0 Å². The van der Waals surface area contributed by atoms with E-state index < -0.39 is 0 Å². The molecule has 5 nitrogen and oxygen atoms in total. The number of benzene rings is 1. The molecule has 0 atom stereocenters. The molecule has 1 saturated heterocycles. The number of ether oxygens (including phenoxy) is 1. The Morgan fingerprint density at radius 2 is 2.00 bits per heavy atom. The van der Waals surface area contributed by atoms with Crippen LogP contribution in [0.3, 0.4) is 0 Å². The van der Waals surface area contributed by atoms with Crippen LogP contribution in [0.25, 0.3) is 0 Å². The van der Waals surface area contributed by atoms with Gasteiger partial charge in [0.2, 0.25) is 0 Å². The maximum Gasteiger partial charge on any atom is 0.0646 e. The van der Waals surface area contributed by atoms with Gasteiger partial charge in [0.15, 0.2) is 0 Å². The van der Waals surface area contributed by atoms with Gasteiger partial charge in [-0.3, -0.25) is 9.58 Å². The molecule has 1 aromatic carbocycles. The lowest BCUT2D eigenvalue weighted by Crippen LogP contribution is -2.35. The number of nitrogens with zero attached hydrogens (tertiary/aromatic N) is 3. The van der Waals surface area contributed by atoms with E-state index in [2.05, 4.69) is 46.8 Å². The van der Waals surface area contributed by atoms with Crippen LogP contribution in [0.5, 0.6) is 0 Å². The zero-order chi connectivity index (χ0) is 17.8. The van der Waals surface area contributed by atoms with Gasteiger partial charge in [-0.05, 0) is 44.5 Å². The molecule has 1 N–H and O–H groups in total. The third-order valence-corrected chi connectivity index (χ3v) is 5.21. The van der Waals surface area contributed by atoms with Crippen LogP contribution >= 0.6 is 11.6 Å². The molecular weight excluding hydrogens is 336 g/mol. The van der Waals surface area contributed by atoms with Gasteiger partial charge in [0.25, 0.3) is 0 Å². The summed E-state index contributed by atoms with van der Waals surface area (Å²) in [5.74, 6) is 0. The molecule has 0 aliphatic carbocycles. The highest BCUT2D eigenvalue weighted by molar-refractivity contribution is 6.31. The minimum atomic E-state index is 0.774. The number of nitrogens with one attached hydrogen (secondary N) is 1. The molecule has 0 bridgehead atoms. The fraction of sp³-hybridized carbons (Fsp3) is 0.526. The van der Waals surface area contributed by atoms with Crippen molar-refractivity contribution in [1.82, 2.24) is 14.7 Å². The van der Waals surface area contributed by atoms with E-state index in [1.807, 2.05) is 12.1 Å². The second-order valence-corrected chi connectivity index (χ2v) is 6.92. The van der Waals surface area contributed by atoms with Gasteiger partial charge in [-0.15, -0.1) is 0 Å². The van der Waals surface area contributed by atoms with Gasteiger partial charge in [0.1, 0.15) is 0 Å². The summed E-state index contributed by atoms with van der Waals surface area (Å²) in [7, 11) is 0. The van der Waals surface area contributed by atoms with Crippen LogP contribution in [0.1, 0.15) is 29.4 Å². The first-order valence-electron chi connectivity index (χ1n) is 8.93. The quantitative estimate of drug-likeness (QED) is 0.852. The second kappa shape index (κ2) is 8.21. The van der Waals surface area contributed by atoms with Crippen molar-refractivity contribution >= 4 is 17.3 Å². The Kier molecular flexibility index (Phi) is 5.99. The zero-order valence-electron chi connectivity index (χ0n) is 15.3. The van der Waals surface area contributed by atoms with E-state index in [1.54, 1.807) is 0 Å². The predicted molar refractivity (Wildman–Crippen MR) is 102 cm³/mol. The third-order valence-electron chi connectivity index (χ3n) is 4.84. The number of aromatic nitrogens is 2. The maximum atomic E-state index is 6.41. The van der Waals surface area contributed by atoms with E-state index in [0.717, 1.165) is 67.9 Å². The Hall–Kier alpha value is -1.56. The minimum absolute atomic E-state index is 0.774. The number of hydrogen-bond acceptors (Lipinski definition) is 4. The SMILES string of the molecule is CCn1nc(C)c(CNc2ccc(Cl)c(CN3CCOCC3)c2)c1C.